The Bertz CT molecular complexity index is 270. The van der Waals surface area contributed by atoms with Crippen LogP contribution in [0.5, 0.6) is 0 Å². The molecule has 0 atom stereocenters. The van der Waals surface area contributed by atoms with Crippen molar-refractivity contribution in [1.29, 1.82) is 0 Å². The normalized spacial score (nSPS) is 9.50. The molecule has 1 nitrogen and oxygen atoms in total. The summed E-state index contributed by atoms with van der Waals surface area (Å²) in [6.07, 6.45) is 3.00. The molecular weight excluding hydrogens is 194 g/mol. The first-order chi connectivity index (χ1) is 7.77. The molecule has 0 radical (unpaired) electrons. The predicted octanol–water partition coefficient (Wildman–Crippen LogP) is 4.62. The van der Waals surface area contributed by atoms with Gasteiger partial charge in [0.1, 0.15) is 0 Å². The topological polar surface area (TPSA) is 26.0 Å². The van der Waals surface area contributed by atoms with Gasteiger partial charge in [0.25, 0.3) is 0 Å². The Kier molecular flexibility index (Phi) is 12.7. The Balaban J connectivity index is 0. The van der Waals surface area contributed by atoms with Gasteiger partial charge in [-0.3, -0.25) is 0 Å². The maximum atomic E-state index is 5.75. The maximum absolute atomic E-state index is 5.75. The van der Waals surface area contributed by atoms with Crippen molar-refractivity contribution in [2.45, 2.75) is 48.0 Å². The quantitative estimate of drug-likeness (QED) is 0.774. The van der Waals surface area contributed by atoms with Crippen LogP contribution in [-0.4, -0.2) is 0 Å². The molecule has 0 aliphatic rings. The SMILES string of the molecule is C/C=C(\N)c1ccc(CC)cc1.CC.CC. The van der Waals surface area contributed by atoms with E-state index in [2.05, 4.69) is 31.2 Å². The summed E-state index contributed by atoms with van der Waals surface area (Å²) in [6, 6.07) is 8.36. The van der Waals surface area contributed by atoms with E-state index in [-0.39, 0.29) is 0 Å². The first-order valence-corrected chi connectivity index (χ1v) is 6.29. The van der Waals surface area contributed by atoms with Crippen LogP contribution in [0, 0.1) is 0 Å². The van der Waals surface area contributed by atoms with Gasteiger partial charge in [-0.2, -0.15) is 0 Å². The van der Waals surface area contributed by atoms with Gasteiger partial charge >= 0.3 is 0 Å². The van der Waals surface area contributed by atoms with E-state index in [9.17, 15) is 0 Å². The molecule has 0 bridgehead atoms. The number of rotatable bonds is 2. The summed E-state index contributed by atoms with van der Waals surface area (Å²) in [5, 5.41) is 0. The Hall–Kier alpha value is -1.24. The minimum atomic E-state index is 0.845. The molecular formula is C15H27N. The Morgan fingerprint density at radius 2 is 1.50 bits per heavy atom. The monoisotopic (exact) mass is 221 g/mol. The summed E-state index contributed by atoms with van der Waals surface area (Å²) in [4.78, 5) is 0. The number of hydrogen-bond acceptors (Lipinski definition) is 1. The minimum absolute atomic E-state index is 0.845. The summed E-state index contributed by atoms with van der Waals surface area (Å²) in [5.74, 6) is 0. The fourth-order valence-corrected chi connectivity index (χ4v) is 1.10. The van der Waals surface area contributed by atoms with Gasteiger partial charge in [-0.15, -0.1) is 0 Å². The van der Waals surface area contributed by atoms with E-state index in [4.69, 9.17) is 5.73 Å². The van der Waals surface area contributed by atoms with Gasteiger partial charge in [-0.1, -0.05) is 65.0 Å². The van der Waals surface area contributed by atoms with Crippen LogP contribution in [0.2, 0.25) is 0 Å². The zero-order valence-corrected chi connectivity index (χ0v) is 11.7. The first-order valence-electron chi connectivity index (χ1n) is 6.29. The van der Waals surface area contributed by atoms with Gasteiger partial charge in [0, 0.05) is 5.70 Å². The van der Waals surface area contributed by atoms with Crippen LogP contribution < -0.4 is 5.73 Å². The van der Waals surface area contributed by atoms with E-state index < -0.39 is 0 Å². The van der Waals surface area contributed by atoms with Gasteiger partial charge < -0.3 is 5.73 Å². The second-order valence-corrected chi connectivity index (χ2v) is 2.79. The van der Waals surface area contributed by atoms with Crippen LogP contribution in [0.15, 0.2) is 30.3 Å². The van der Waals surface area contributed by atoms with Crippen molar-refractivity contribution in [3.05, 3.63) is 41.5 Å². The highest BCUT2D eigenvalue weighted by Crippen LogP contribution is 2.10. The summed E-state index contributed by atoms with van der Waals surface area (Å²) in [7, 11) is 0. The van der Waals surface area contributed by atoms with Crippen LogP contribution in [0.1, 0.15) is 52.7 Å². The molecule has 0 aromatic heterocycles. The number of aryl methyl sites for hydroxylation is 1. The largest absolute Gasteiger partial charge is 0.399 e. The third-order valence-electron chi connectivity index (χ3n) is 2.01. The fraction of sp³-hybridized carbons (Fsp3) is 0.467. The minimum Gasteiger partial charge on any atom is -0.399 e. The molecule has 0 saturated heterocycles. The lowest BCUT2D eigenvalue weighted by atomic mass is 10.1. The molecule has 0 aliphatic heterocycles. The lowest BCUT2D eigenvalue weighted by molar-refractivity contribution is 1.14. The number of allylic oxidation sites excluding steroid dienone is 1. The van der Waals surface area contributed by atoms with E-state index in [1.54, 1.807) is 0 Å². The zero-order chi connectivity index (χ0) is 13.0. The van der Waals surface area contributed by atoms with Crippen molar-refractivity contribution < 1.29 is 0 Å². The first kappa shape index (κ1) is 17.2. The van der Waals surface area contributed by atoms with Gasteiger partial charge in [-0.25, -0.2) is 0 Å². The Labute approximate surface area is 101 Å². The molecule has 92 valence electrons. The van der Waals surface area contributed by atoms with Crippen molar-refractivity contribution in [1.82, 2.24) is 0 Å². The van der Waals surface area contributed by atoms with Crippen LogP contribution in [-0.2, 0) is 6.42 Å². The van der Waals surface area contributed by atoms with Crippen LogP contribution >= 0.6 is 0 Å². The third-order valence-corrected chi connectivity index (χ3v) is 2.01. The van der Waals surface area contributed by atoms with E-state index >= 15 is 0 Å². The van der Waals surface area contributed by atoms with Crippen LogP contribution in [0.3, 0.4) is 0 Å². The number of benzene rings is 1. The van der Waals surface area contributed by atoms with Crippen molar-refractivity contribution >= 4 is 5.70 Å². The van der Waals surface area contributed by atoms with Gasteiger partial charge in [0.2, 0.25) is 0 Å². The molecule has 1 rings (SSSR count). The molecule has 0 saturated carbocycles. The molecule has 0 fully saturated rings. The molecule has 0 aliphatic carbocycles. The van der Waals surface area contributed by atoms with Gasteiger partial charge in [0.05, 0.1) is 0 Å². The lowest BCUT2D eigenvalue weighted by Crippen LogP contribution is -1.95. The maximum Gasteiger partial charge on any atom is 0.0344 e. The Morgan fingerprint density at radius 3 is 1.81 bits per heavy atom. The fourth-order valence-electron chi connectivity index (χ4n) is 1.10. The highest BCUT2D eigenvalue weighted by Gasteiger charge is 1.93. The molecule has 0 unspecified atom stereocenters. The standard InChI is InChI=1S/C11H15N.2C2H6/c1-3-9-5-7-10(8-6-9)11(12)4-2;2*1-2/h4-8H,3,12H2,1-2H3;2*1-2H3/b11-4-;;. The van der Waals surface area contributed by atoms with Gasteiger partial charge in [0.15, 0.2) is 0 Å². The third kappa shape index (κ3) is 6.28. The highest BCUT2D eigenvalue weighted by molar-refractivity contribution is 5.62. The molecule has 16 heavy (non-hydrogen) atoms. The van der Waals surface area contributed by atoms with Crippen LogP contribution in [0.4, 0.5) is 0 Å². The summed E-state index contributed by atoms with van der Waals surface area (Å²) in [5.41, 5.74) is 9.05. The molecule has 1 aromatic rings. The van der Waals surface area contributed by atoms with Crippen LogP contribution in [0.25, 0.3) is 5.70 Å². The molecule has 0 amide bonds. The van der Waals surface area contributed by atoms with E-state index in [0.29, 0.717) is 0 Å². The molecule has 1 heteroatoms. The molecule has 0 spiro atoms. The average Bonchev–Trinajstić information content (AvgIpc) is 2.42. The van der Waals surface area contributed by atoms with Crippen molar-refractivity contribution in [2.75, 3.05) is 0 Å². The average molecular weight is 221 g/mol. The van der Waals surface area contributed by atoms with Crippen molar-refractivity contribution in [2.24, 2.45) is 5.73 Å². The number of nitrogens with two attached hydrogens (primary N) is 1. The molecule has 2 N–H and O–H groups in total. The molecule has 0 heterocycles. The Morgan fingerprint density at radius 1 is 1.06 bits per heavy atom. The smallest absolute Gasteiger partial charge is 0.0344 e. The lowest BCUT2D eigenvalue weighted by Gasteiger charge is -2.01. The summed E-state index contributed by atoms with van der Waals surface area (Å²) < 4.78 is 0. The predicted molar refractivity (Wildman–Crippen MR) is 76.4 cm³/mol. The van der Waals surface area contributed by atoms with E-state index in [0.717, 1.165) is 17.7 Å². The summed E-state index contributed by atoms with van der Waals surface area (Å²) in [6.45, 7) is 12.1. The molecule has 1 aromatic carbocycles. The highest BCUT2D eigenvalue weighted by atomic mass is 14.6. The second-order valence-electron chi connectivity index (χ2n) is 2.79. The second kappa shape index (κ2) is 11.8. The van der Waals surface area contributed by atoms with E-state index in [1.165, 1.54) is 5.56 Å². The van der Waals surface area contributed by atoms with Gasteiger partial charge in [-0.05, 0) is 24.5 Å². The number of hydrogen-bond donors (Lipinski definition) is 1. The van der Waals surface area contributed by atoms with Crippen molar-refractivity contribution in [3.8, 4) is 0 Å². The van der Waals surface area contributed by atoms with E-state index in [1.807, 2.05) is 40.7 Å². The van der Waals surface area contributed by atoms with Crippen molar-refractivity contribution in [3.63, 3.8) is 0 Å². The summed E-state index contributed by atoms with van der Waals surface area (Å²) >= 11 is 0. The zero-order valence-electron chi connectivity index (χ0n) is 11.7.